The van der Waals surface area contributed by atoms with Gasteiger partial charge in [0.05, 0.1) is 6.61 Å². The lowest BCUT2D eigenvalue weighted by Gasteiger charge is -2.36. The van der Waals surface area contributed by atoms with Crippen molar-refractivity contribution in [2.45, 2.75) is 26.7 Å². The van der Waals surface area contributed by atoms with E-state index in [0.29, 0.717) is 50.2 Å². The summed E-state index contributed by atoms with van der Waals surface area (Å²) in [6.07, 6.45) is 1.65. The number of rotatable bonds is 7. The summed E-state index contributed by atoms with van der Waals surface area (Å²) in [5.41, 5.74) is 0. The summed E-state index contributed by atoms with van der Waals surface area (Å²) in [7, 11) is -1.81. The van der Waals surface area contributed by atoms with Gasteiger partial charge < -0.3 is 4.74 Å². The first-order valence-electron chi connectivity index (χ1n) is 8.39. The van der Waals surface area contributed by atoms with Crippen molar-refractivity contribution >= 4 is 10.2 Å². The van der Waals surface area contributed by atoms with Crippen LogP contribution in [-0.4, -0.2) is 50.3 Å². The van der Waals surface area contributed by atoms with Crippen molar-refractivity contribution in [2.24, 2.45) is 11.8 Å². The maximum absolute atomic E-state index is 12.8. The molecule has 0 spiro atoms. The number of benzene rings is 1. The molecule has 0 N–H and O–H groups in total. The van der Waals surface area contributed by atoms with E-state index in [1.165, 1.54) is 16.4 Å². The Labute approximate surface area is 144 Å². The van der Waals surface area contributed by atoms with Crippen LogP contribution in [0.5, 0.6) is 5.75 Å². The minimum Gasteiger partial charge on any atom is -0.494 e. The van der Waals surface area contributed by atoms with Gasteiger partial charge in [-0.15, -0.1) is 0 Å². The molecule has 5 nitrogen and oxygen atoms in total. The number of nitrogens with zero attached hydrogens (tertiary/aromatic N) is 2. The van der Waals surface area contributed by atoms with Crippen LogP contribution in [0.15, 0.2) is 24.3 Å². The molecule has 7 heteroatoms. The summed E-state index contributed by atoms with van der Waals surface area (Å²) in [6.45, 7) is 6.14. The van der Waals surface area contributed by atoms with Crippen LogP contribution in [0.1, 0.15) is 26.7 Å². The molecule has 1 fully saturated rings. The van der Waals surface area contributed by atoms with E-state index in [1.54, 1.807) is 23.5 Å². The molecule has 1 aliphatic heterocycles. The van der Waals surface area contributed by atoms with Gasteiger partial charge in [0.1, 0.15) is 11.6 Å². The molecule has 0 bridgehead atoms. The van der Waals surface area contributed by atoms with E-state index in [2.05, 4.69) is 13.8 Å². The molecule has 1 aromatic carbocycles. The average Bonchev–Trinajstić information content (AvgIpc) is 2.52. The van der Waals surface area contributed by atoms with Gasteiger partial charge in [-0.25, -0.2) is 4.39 Å². The predicted octanol–water partition coefficient (Wildman–Crippen LogP) is 2.75. The molecule has 2 unspecified atom stereocenters. The third-order valence-corrected chi connectivity index (χ3v) is 6.18. The maximum atomic E-state index is 12.8. The second-order valence-electron chi connectivity index (χ2n) is 6.75. The molecule has 2 atom stereocenters. The van der Waals surface area contributed by atoms with E-state index in [1.807, 2.05) is 0 Å². The van der Waals surface area contributed by atoms with Crippen molar-refractivity contribution in [3.63, 3.8) is 0 Å². The molecule has 2 rings (SSSR count). The van der Waals surface area contributed by atoms with Crippen LogP contribution in [0, 0.1) is 17.7 Å². The van der Waals surface area contributed by atoms with Crippen LogP contribution in [0.3, 0.4) is 0 Å². The third kappa shape index (κ3) is 5.16. The Kier molecular flexibility index (Phi) is 6.60. The SMILES string of the molecule is CC1CC(C)CN(S(=O)(=O)N(C)CCCOc2ccc(F)cc2)C1. The molecule has 0 saturated carbocycles. The number of hydrogen-bond donors (Lipinski definition) is 0. The zero-order valence-electron chi connectivity index (χ0n) is 14.6. The molecular weight excluding hydrogens is 331 g/mol. The molecule has 0 amide bonds. The smallest absolute Gasteiger partial charge is 0.281 e. The molecule has 1 aromatic rings. The van der Waals surface area contributed by atoms with Crippen molar-refractivity contribution < 1.29 is 17.5 Å². The van der Waals surface area contributed by atoms with Crippen molar-refractivity contribution in [3.05, 3.63) is 30.1 Å². The fourth-order valence-corrected chi connectivity index (χ4v) is 4.75. The van der Waals surface area contributed by atoms with E-state index in [0.717, 1.165) is 6.42 Å². The minimum atomic E-state index is -3.42. The largest absolute Gasteiger partial charge is 0.494 e. The first kappa shape index (κ1) is 19.1. The first-order chi connectivity index (χ1) is 11.3. The Hall–Kier alpha value is -1.18. The normalized spacial score (nSPS) is 22.7. The van der Waals surface area contributed by atoms with Crippen LogP contribution in [0.2, 0.25) is 0 Å². The lowest BCUT2D eigenvalue weighted by molar-refractivity contribution is 0.210. The highest BCUT2D eigenvalue weighted by Gasteiger charge is 2.32. The topological polar surface area (TPSA) is 49.9 Å². The zero-order valence-corrected chi connectivity index (χ0v) is 15.4. The van der Waals surface area contributed by atoms with Crippen molar-refractivity contribution in [3.8, 4) is 5.75 Å². The summed E-state index contributed by atoms with van der Waals surface area (Å²) < 4.78 is 46.6. The van der Waals surface area contributed by atoms with E-state index >= 15 is 0 Å². The highest BCUT2D eigenvalue weighted by molar-refractivity contribution is 7.86. The van der Waals surface area contributed by atoms with Gasteiger partial charge in [0.2, 0.25) is 0 Å². The van der Waals surface area contributed by atoms with Crippen LogP contribution in [0.4, 0.5) is 4.39 Å². The number of ether oxygens (including phenoxy) is 1. The van der Waals surface area contributed by atoms with Crippen molar-refractivity contribution in [2.75, 3.05) is 33.3 Å². The van der Waals surface area contributed by atoms with Gasteiger partial charge in [0.15, 0.2) is 0 Å². The highest BCUT2D eigenvalue weighted by Crippen LogP contribution is 2.24. The van der Waals surface area contributed by atoms with Crippen molar-refractivity contribution in [1.29, 1.82) is 0 Å². The standard InChI is InChI=1S/C17H27FN2O3S/c1-14-11-15(2)13-20(12-14)24(21,22)19(3)9-4-10-23-17-7-5-16(18)6-8-17/h5-8,14-15H,4,9-13H2,1-3H3. The Balaban J connectivity index is 1.80. The van der Waals surface area contributed by atoms with Gasteiger partial charge >= 0.3 is 0 Å². The molecule has 1 saturated heterocycles. The Bertz CT molecular complexity index is 611. The summed E-state index contributed by atoms with van der Waals surface area (Å²) >= 11 is 0. The second kappa shape index (κ2) is 8.27. The summed E-state index contributed by atoms with van der Waals surface area (Å²) in [6, 6.07) is 5.80. The van der Waals surface area contributed by atoms with Gasteiger partial charge in [0.25, 0.3) is 10.2 Å². The van der Waals surface area contributed by atoms with Gasteiger partial charge in [-0.1, -0.05) is 13.8 Å². The Morgan fingerprint density at radius 1 is 1.21 bits per heavy atom. The quantitative estimate of drug-likeness (QED) is 0.704. The fourth-order valence-electron chi connectivity index (χ4n) is 3.11. The minimum absolute atomic E-state index is 0.307. The maximum Gasteiger partial charge on any atom is 0.281 e. The van der Waals surface area contributed by atoms with E-state index < -0.39 is 10.2 Å². The predicted molar refractivity (Wildman–Crippen MR) is 92.6 cm³/mol. The monoisotopic (exact) mass is 358 g/mol. The third-order valence-electron chi connectivity index (χ3n) is 4.26. The van der Waals surface area contributed by atoms with Crippen LogP contribution >= 0.6 is 0 Å². The van der Waals surface area contributed by atoms with Crippen LogP contribution in [0.25, 0.3) is 0 Å². The summed E-state index contributed by atoms with van der Waals surface area (Å²) in [4.78, 5) is 0. The molecule has 1 aliphatic rings. The number of hydrogen-bond acceptors (Lipinski definition) is 3. The molecule has 0 aliphatic carbocycles. The molecular formula is C17H27FN2O3S. The Morgan fingerprint density at radius 3 is 2.38 bits per heavy atom. The molecule has 136 valence electrons. The molecule has 24 heavy (non-hydrogen) atoms. The molecule has 0 aromatic heterocycles. The van der Waals surface area contributed by atoms with Crippen LogP contribution < -0.4 is 4.74 Å². The van der Waals surface area contributed by atoms with Gasteiger partial charge in [-0.05, 0) is 48.9 Å². The number of halogens is 1. The van der Waals surface area contributed by atoms with Crippen molar-refractivity contribution in [1.82, 2.24) is 8.61 Å². The fraction of sp³-hybridized carbons (Fsp3) is 0.647. The zero-order chi connectivity index (χ0) is 17.7. The van der Waals surface area contributed by atoms with Crippen LogP contribution in [-0.2, 0) is 10.2 Å². The van der Waals surface area contributed by atoms with Gasteiger partial charge in [0, 0.05) is 26.7 Å². The number of piperidine rings is 1. The summed E-state index contributed by atoms with van der Waals surface area (Å²) in [5, 5.41) is 0. The lowest BCUT2D eigenvalue weighted by Crippen LogP contribution is -2.48. The average molecular weight is 358 g/mol. The summed E-state index contributed by atoms with van der Waals surface area (Å²) in [5.74, 6) is 1.05. The second-order valence-corrected chi connectivity index (χ2v) is 8.78. The van der Waals surface area contributed by atoms with Gasteiger partial charge in [-0.3, -0.25) is 0 Å². The first-order valence-corrected chi connectivity index (χ1v) is 9.78. The van der Waals surface area contributed by atoms with E-state index in [9.17, 15) is 12.8 Å². The highest BCUT2D eigenvalue weighted by atomic mass is 32.2. The molecule has 1 heterocycles. The van der Waals surface area contributed by atoms with E-state index in [4.69, 9.17) is 4.74 Å². The Morgan fingerprint density at radius 2 is 1.79 bits per heavy atom. The molecule has 0 radical (unpaired) electrons. The van der Waals surface area contributed by atoms with Gasteiger partial charge in [-0.2, -0.15) is 17.0 Å². The lowest BCUT2D eigenvalue weighted by atomic mass is 9.94. The van der Waals surface area contributed by atoms with E-state index in [-0.39, 0.29) is 5.82 Å².